The number of benzene rings is 2. The van der Waals surface area contributed by atoms with Crippen molar-refractivity contribution < 1.29 is 9.59 Å². The summed E-state index contributed by atoms with van der Waals surface area (Å²) in [7, 11) is 0. The summed E-state index contributed by atoms with van der Waals surface area (Å²) >= 11 is 1.51. The monoisotopic (exact) mass is 471 g/mol. The molecule has 1 saturated carbocycles. The molecule has 2 amide bonds. The number of H-pyrrole nitrogens is 1. The number of aromatic amines is 1. The predicted octanol–water partition coefficient (Wildman–Crippen LogP) is 6.00. The van der Waals surface area contributed by atoms with Crippen molar-refractivity contribution in [3.05, 3.63) is 88.7 Å². The molecular weight excluding hydrogens is 442 g/mol. The summed E-state index contributed by atoms with van der Waals surface area (Å²) in [5.41, 5.74) is 2.66. The number of hydrogen-bond donors (Lipinski definition) is 2. The van der Waals surface area contributed by atoms with Gasteiger partial charge in [-0.2, -0.15) is 0 Å². The van der Waals surface area contributed by atoms with E-state index < -0.39 is 6.04 Å². The van der Waals surface area contributed by atoms with Gasteiger partial charge in [0.15, 0.2) is 0 Å². The van der Waals surface area contributed by atoms with Gasteiger partial charge in [-0.05, 0) is 48.1 Å². The van der Waals surface area contributed by atoms with E-state index in [1.54, 1.807) is 4.90 Å². The van der Waals surface area contributed by atoms with E-state index in [-0.39, 0.29) is 24.3 Å². The molecule has 6 heteroatoms. The number of amides is 2. The van der Waals surface area contributed by atoms with Crippen LogP contribution in [0.15, 0.2) is 78.3 Å². The Morgan fingerprint density at radius 2 is 1.74 bits per heavy atom. The maximum Gasteiger partial charge on any atom is 0.248 e. The van der Waals surface area contributed by atoms with E-state index in [4.69, 9.17) is 0 Å². The van der Waals surface area contributed by atoms with E-state index in [0.717, 1.165) is 52.7 Å². The number of rotatable bonds is 7. The Morgan fingerprint density at radius 3 is 2.50 bits per heavy atom. The molecule has 1 aliphatic rings. The summed E-state index contributed by atoms with van der Waals surface area (Å²) < 4.78 is 0. The molecule has 34 heavy (non-hydrogen) atoms. The lowest BCUT2D eigenvalue weighted by molar-refractivity contribution is -0.127. The number of thiophene rings is 1. The third-order valence-corrected chi connectivity index (χ3v) is 7.52. The molecule has 2 N–H and O–H groups in total. The first kappa shape index (κ1) is 22.4. The van der Waals surface area contributed by atoms with Gasteiger partial charge in [0.1, 0.15) is 6.04 Å². The molecule has 0 saturated heterocycles. The highest BCUT2D eigenvalue weighted by molar-refractivity contribution is 7.10. The highest BCUT2D eigenvalue weighted by Crippen LogP contribution is 2.32. The summed E-state index contributed by atoms with van der Waals surface area (Å²) in [4.78, 5) is 33.5. The first-order valence-electron chi connectivity index (χ1n) is 12.0. The molecule has 4 aromatic rings. The van der Waals surface area contributed by atoms with Crippen LogP contribution >= 0.6 is 11.3 Å². The number of hydrogen-bond acceptors (Lipinski definition) is 3. The summed E-state index contributed by atoms with van der Waals surface area (Å²) in [6, 6.07) is 20.9. The number of fused-ring (bicyclic) bond motifs is 1. The van der Waals surface area contributed by atoms with E-state index in [9.17, 15) is 9.59 Å². The van der Waals surface area contributed by atoms with E-state index in [1.807, 2.05) is 78.3 Å². The normalized spacial score (nSPS) is 15.2. The van der Waals surface area contributed by atoms with Crippen molar-refractivity contribution in [1.29, 1.82) is 0 Å². The zero-order valence-electron chi connectivity index (χ0n) is 19.1. The van der Waals surface area contributed by atoms with Crippen LogP contribution in [-0.2, 0) is 16.0 Å². The number of nitrogens with one attached hydrogen (secondary N) is 2. The number of aromatic nitrogens is 1. The second-order valence-electron chi connectivity index (χ2n) is 8.90. The number of carbonyl (C=O) groups excluding carboxylic acids is 2. The average Bonchev–Trinajstić information content (AvgIpc) is 3.54. The van der Waals surface area contributed by atoms with E-state index in [1.165, 1.54) is 17.8 Å². The molecule has 2 aromatic carbocycles. The third-order valence-electron chi connectivity index (χ3n) is 6.59. The van der Waals surface area contributed by atoms with Crippen LogP contribution in [0.4, 0.5) is 5.69 Å². The molecule has 0 bridgehead atoms. The van der Waals surface area contributed by atoms with Crippen LogP contribution in [-0.4, -0.2) is 22.8 Å². The van der Waals surface area contributed by atoms with E-state index in [0.29, 0.717) is 0 Å². The standard InChI is InChI=1S/C28H29N3O2S/c32-26(18-20-19-29-24-15-8-7-14-23(20)24)31(22-12-5-2-6-13-22)27(25-16-9-17-34-25)28(33)30-21-10-3-1-4-11-21/h2,5-9,12-17,19,21,27,29H,1,3-4,10-11,18H2,(H,30,33). The Balaban J connectivity index is 1.50. The maximum atomic E-state index is 13.9. The van der Waals surface area contributed by atoms with Gasteiger partial charge in [-0.3, -0.25) is 14.5 Å². The van der Waals surface area contributed by atoms with Crippen molar-refractivity contribution in [3.63, 3.8) is 0 Å². The Hall–Kier alpha value is -3.38. The molecule has 5 nitrogen and oxygen atoms in total. The van der Waals surface area contributed by atoms with Crippen molar-refractivity contribution in [1.82, 2.24) is 10.3 Å². The summed E-state index contributed by atoms with van der Waals surface area (Å²) in [5, 5.41) is 6.26. The van der Waals surface area contributed by atoms with Gasteiger partial charge in [-0.25, -0.2) is 0 Å². The van der Waals surface area contributed by atoms with Crippen molar-refractivity contribution >= 4 is 39.7 Å². The van der Waals surface area contributed by atoms with Crippen LogP contribution in [0.3, 0.4) is 0 Å². The molecule has 0 spiro atoms. The lowest BCUT2D eigenvalue weighted by Crippen LogP contribution is -2.47. The molecule has 2 heterocycles. The molecule has 2 aromatic heterocycles. The van der Waals surface area contributed by atoms with E-state index >= 15 is 0 Å². The molecule has 0 aliphatic heterocycles. The van der Waals surface area contributed by atoms with Crippen molar-refractivity contribution in [2.45, 2.75) is 50.6 Å². The van der Waals surface area contributed by atoms with Crippen LogP contribution in [0.2, 0.25) is 0 Å². The molecule has 1 atom stereocenters. The maximum absolute atomic E-state index is 13.9. The Labute approximate surface area is 203 Å². The van der Waals surface area contributed by atoms with Gasteiger partial charge in [0.05, 0.1) is 6.42 Å². The molecular formula is C28H29N3O2S. The van der Waals surface area contributed by atoms with Gasteiger partial charge < -0.3 is 10.3 Å². The van der Waals surface area contributed by atoms with Crippen molar-refractivity contribution in [3.8, 4) is 0 Å². The quantitative estimate of drug-likeness (QED) is 0.347. The Morgan fingerprint density at radius 1 is 0.971 bits per heavy atom. The van der Waals surface area contributed by atoms with Gasteiger partial charge >= 0.3 is 0 Å². The SMILES string of the molecule is O=C(NC1CCCCC1)C(c1cccs1)N(C(=O)Cc1c[nH]c2ccccc12)c1ccccc1. The fourth-order valence-electron chi connectivity index (χ4n) is 4.90. The number of para-hydroxylation sites is 2. The molecule has 5 rings (SSSR count). The first-order chi connectivity index (χ1) is 16.7. The molecule has 1 aliphatic carbocycles. The fraction of sp³-hybridized carbons (Fsp3) is 0.286. The largest absolute Gasteiger partial charge is 0.361 e. The summed E-state index contributed by atoms with van der Waals surface area (Å²) in [5.74, 6) is -0.210. The average molecular weight is 472 g/mol. The van der Waals surface area contributed by atoms with Gasteiger partial charge in [0.25, 0.3) is 0 Å². The van der Waals surface area contributed by atoms with Crippen LogP contribution in [0.1, 0.15) is 48.6 Å². The molecule has 174 valence electrons. The first-order valence-corrected chi connectivity index (χ1v) is 12.8. The lowest BCUT2D eigenvalue weighted by Gasteiger charge is -2.32. The van der Waals surface area contributed by atoms with Crippen LogP contribution < -0.4 is 10.2 Å². The van der Waals surface area contributed by atoms with Crippen molar-refractivity contribution in [2.24, 2.45) is 0 Å². The molecule has 1 unspecified atom stereocenters. The van der Waals surface area contributed by atoms with E-state index in [2.05, 4.69) is 10.3 Å². The lowest BCUT2D eigenvalue weighted by atomic mass is 9.95. The second-order valence-corrected chi connectivity index (χ2v) is 9.88. The highest BCUT2D eigenvalue weighted by Gasteiger charge is 2.34. The second kappa shape index (κ2) is 10.3. The number of nitrogens with zero attached hydrogens (tertiary/aromatic N) is 1. The Kier molecular flexibility index (Phi) is 6.77. The third kappa shape index (κ3) is 4.77. The zero-order chi connectivity index (χ0) is 23.3. The smallest absolute Gasteiger partial charge is 0.248 e. The highest BCUT2D eigenvalue weighted by atomic mass is 32.1. The zero-order valence-corrected chi connectivity index (χ0v) is 19.9. The number of carbonyl (C=O) groups is 2. The fourth-order valence-corrected chi connectivity index (χ4v) is 5.71. The topological polar surface area (TPSA) is 65.2 Å². The van der Waals surface area contributed by atoms with Crippen LogP contribution in [0.5, 0.6) is 0 Å². The molecule has 0 radical (unpaired) electrons. The van der Waals surface area contributed by atoms with Crippen LogP contribution in [0.25, 0.3) is 10.9 Å². The van der Waals surface area contributed by atoms with Crippen LogP contribution in [0, 0.1) is 0 Å². The van der Waals surface area contributed by atoms with Gasteiger partial charge in [0.2, 0.25) is 11.8 Å². The summed E-state index contributed by atoms with van der Waals surface area (Å²) in [6.07, 6.45) is 7.59. The van der Waals surface area contributed by atoms with Gasteiger partial charge in [0, 0.05) is 33.7 Å². The summed E-state index contributed by atoms with van der Waals surface area (Å²) in [6.45, 7) is 0. The van der Waals surface area contributed by atoms with Gasteiger partial charge in [-0.1, -0.05) is 61.7 Å². The number of anilines is 1. The predicted molar refractivity (Wildman–Crippen MR) is 138 cm³/mol. The Bertz CT molecular complexity index is 1240. The van der Waals surface area contributed by atoms with Crippen molar-refractivity contribution in [2.75, 3.05) is 4.90 Å². The minimum absolute atomic E-state index is 0.104. The minimum atomic E-state index is -0.706. The molecule has 1 fully saturated rings. The minimum Gasteiger partial charge on any atom is -0.361 e. The van der Waals surface area contributed by atoms with Gasteiger partial charge in [-0.15, -0.1) is 11.3 Å².